The molecule has 0 atom stereocenters. The van der Waals surface area contributed by atoms with Crippen LogP contribution in [0.2, 0.25) is 5.02 Å². The lowest BCUT2D eigenvalue weighted by atomic mass is 10.1. The molecule has 1 N–H and O–H groups in total. The van der Waals surface area contributed by atoms with E-state index in [2.05, 4.69) is 20.5 Å². The summed E-state index contributed by atoms with van der Waals surface area (Å²) in [7, 11) is 0. The van der Waals surface area contributed by atoms with Crippen molar-refractivity contribution < 1.29 is 18.6 Å². The molecule has 1 fully saturated rings. The Bertz CT molecular complexity index is 952. The fraction of sp³-hybridized carbons (Fsp3) is 0.235. The highest BCUT2D eigenvalue weighted by Gasteiger charge is 2.21. The van der Waals surface area contributed by atoms with Crippen LogP contribution in [0, 0.1) is 5.82 Å². The van der Waals surface area contributed by atoms with Crippen LogP contribution in [0.5, 0.6) is 0 Å². The highest BCUT2D eigenvalue weighted by molar-refractivity contribution is 6.34. The number of fused-ring (bicyclic) bond motifs is 1. The molecule has 1 aliphatic rings. The number of carbonyl (C=O) groups is 1. The van der Waals surface area contributed by atoms with E-state index < -0.39 is 11.7 Å². The molecule has 134 valence electrons. The summed E-state index contributed by atoms with van der Waals surface area (Å²) in [6.07, 6.45) is 0. The number of morpholine rings is 1. The van der Waals surface area contributed by atoms with Gasteiger partial charge in [0.25, 0.3) is 5.91 Å². The number of nitrogens with zero attached hydrogens (tertiary/aromatic N) is 3. The first-order valence-electron chi connectivity index (χ1n) is 7.98. The van der Waals surface area contributed by atoms with Crippen LogP contribution in [0.1, 0.15) is 10.4 Å². The summed E-state index contributed by atoms with van der Waals surface area (Å²) in [4.78, 5) is 14.6. The van der Waals surface area contributed by atoms with Crippen LogP contribution in [0.4, 0.5) is 15.8 Å². The lowest BCUT2D eigenvalue weighted by Gasteiger charge is -2.28. The Morgan fingerprint density at radius 2 is 1.92 bits per heavy atom. The van der Waals surface area contributed by atoms with E-state index in [-0.39, 0.29) is 10.6 Å². The second kappa shape index (κ2) is 6.89. The number of amides is 1. The second-order valence-electron chi connectivity index (χ2n) is 5.74. The standard InChI is InChI=1S/C17H14ClFN4O3/c18-10-2-1-3-11(19)14(10)17(24)20-12-4-5-13(16-15(12)21-26-22-16)23-6-8-25-9-7-23/h1-5H,6-9H2,(H,20,24). The van der Waals surface area contributed by atoms with Gasteiger partial charge in [-0.15, -0.1) is 0 Å². The van der Waals surface area contributed by atoms with Crippen LogP contribution in [0.15, 0.2) is 35.0 Å². The maximum atomic E-state index is 14.0. The maximum absolute atomic E-state index is 14.0. The molecule has 3 aromatic rings. The predicted octanol–water partition coefficient (Wildman–Crippen LogP) is 3.10. The molecule has 1 amide bonds. The van der Waals surface area contributed by atoms with Gasteiger partial charge in [0.15, 0.2) is 11.0 Å². The Morgan fingerprint density at radius 1 is 1.15 bits per heavy atom. The third kappa shape index (κ3) is 2.97. The number of ether oxygens (including phenoxy) is 1. The van der Waals surface area contributed by atoms with Gasteiger partial charge in [0.05, 0.1) is 35.2 Å². The molecule has 26 heavy (non-hydrogen) atoms. The van der Waals surface area contributed by atoms with Crippen molar-refractivity contribution in [2.24, 2.45) is 0 Å². The molecule has 0 bridgehead atoms. The normalized spacial score (nSPS) is 14.6. The van der Waals surface area contributed by atoms with E-state index >= 15 is 0 Å². The van der Waals surface area contributed by atoms with Gasteiger partial charge in [-0.25, -0.2) is 9.02 Å². The van der Waals surface area contributed by atoms with Gasteiger partial charge in [0.1, 0.15) is 5.82 Å². The zero-order chi connectivity index (χ0) is 18.1. The number of hydrogen-bond acceptors (Lipinski definition) is 6. The zero-order valence-corrected chi connectivity index (χ0v) is 14.3. The summed E-state index contributed by atoms with van der Waals surface area (Å²) in [5.74, 6) is -1.37. The van der Waals surface area contributed by atoms with Crippen molar-refractivity contribution >= 4 is 39.9 Å². The van der Waals surface area contributed by atoms with Crippen LogP contribution in [0.3, 0.4) is 0 Å². The quantitative estimate of drug-likeness (QED) is 0.756. The van der Waals surface area contributed by atoms with Crippen molar-refractivity contribution in [3.8, 4) is 0 Å². The summed E-state index contributed by atoms with van der Waals surface area (Å²) in [6, 6.07) is 7.57. The molecule has 0 saturated carbocycles. The Balaban J connectivity index is 1.68. The topological polar surface area (TPSA) is 80.5 Å². The highest BCUT2D eigenvalue weighted by atomic mass is 35.5. The van der Waals surface area contributed by atoms with Crippen LogP contribution in [0.25, 0.3) is 11.0 Å². The van der Waals surface area contributed by atoms with Crippen molar-refractivity contribution in [1.29, 1.82) is 0 Å². The minimum atomic E-state index is -0.700. The van der Waals surface area contributed by atoms with Crippen LogP contribution in [-0.2, 0) is 4.74 Å². The zero-order valence-electron chi connectivity index (χ0n) is 13.5. The molecule has 0 radical (unpaired) electrons. The molecule has 9 heteroatoms. The van der Waals surface area contributed by atoms with Crippen molar-refractivity contribution in [3.05, 3.63) is 46.7 Å². The number of carbonyl (C=O) groups excluding carboxylic acids is 1. The molecular formula is C17H14ClFN4O3. The van der Waals surface area contributed by atoms with Gasteiger partial charge in [-0.1, -0.05) is 17.7 Å². The molecule has 0 spiro atoms. The van der Waals surface area contributed by atoms with Gasteiger partial charge in [0, 0.05) is 13.1 Å². The Morgan fingerprint density at radius 3 is 2.69 bits per heavy atom. The molecule has 2 aromatic carbocycles. The molecule has 7 nitrogen and oxygen atoms in total. The maximum Gasteiger partial charge on any atom is 0.260 e. The van der Waals surface area contributed by atoms with E-state index in [0.717, 1.165) is 18.8 Å². The van der Waals surface area contributed by atoms with Crippen LogP contribution < -0.4 is 10.2 Å². The van der Waals surface area contributed by atoms with Gasteiger partial charge >= 0.3 is 0 Å². The van der Waals surface area contributed by atoms with Gasteiger partial charge in [-0.2, -0.15) is 0 Å². The van der Waals surface area contributed by atoms with E-state index in [0.29, 0.717) is 29.9 Å². The average molecular weight is 377 g/mol. The largest absolute Gasteiger partial charge is 0.378 e. The van der Waals surface area contributed by atoms with E-state index in [1.165, 1.54) is 18.2 Å². The first-order valence-corrected chi connectivity index (χ1v) is 8.36. The minimum absolute atomic E-state index is 0.0296. The summed E-state index contributed by atoms with van der Waals surface area (Å²) in [6.45, 7) is 2.69. The summed E-state index contributed by atoms with van der Waals surface area (Å²) >= 11 is 5.95. The Hall–Kier alpha value is -2.71. The first-order chi connectivity index (χ1) is 12.6. The summed E-state index contributed by atoms with van der Waals surface area (Å²) < 4.78 is 24.2. The monoisotopic (exact) mass is 376 g/mol. The lowest BCUT2D eigenvalue weighted by Crippen LogP contribution is -2.36. The lowest BCUT2D eigenvalue weighted by molar-refractivity contribution is 0.102. The molecule has 0 unspecified atom stereocenters. The summed E-state index contributed by atoms with van der Waals surface area (Å²) in [5, 5.41) is 10.5. The molecular weight excluding hydrogens is 363 g/mol. The minimum Gasteiger partial charge on any atom is -0.378 e. The second-order valence-corrected chi connectivity index (χ2v) is 6.15. The number of benzene rings is 2. The average Bonchev–Trinajstić information content (AvgIpc) is 3.13. The van der Waals surface area contributed by atoms with Crippen molar-refractivity contribution in [2.45, 2.75) is 0 Å². The van der Waals surface area contributed by atoms with E-state index in [9.17, 15) is 9.18 Å². The van der Waals surface area contributed by atoms with Gasteiger partial charge in [0.2, 0.25) is 0 Å². The fourth-order valence-electron chi connectivity index (χ4n) is 2.91. The fourth-order valence-corrected chi connectivity index (χ4v) is 3.16. The number of aromatic nitrogens is 2. The van der Waals surface area contributed by atoms with E-state index in [1.807, 2.05) is 6.07 Å². The van der Waals surface area contributed by atoms with E-state index in [1.54, 1.807) is 6.07 Å². The first kappa shape index (κ1) is 16.7. The molecule has 1 saturated heterocycles. The molecule has 2 heterocycles. The molecule has 1 aliphatic heterocycles. The predicted molar refractivity (Wildman–Crippen MR) is 94.2 cm³/mol. The van der Waals surface area contributed by atoms with Crippen LogP contribution in [-0.4, -0.2) is 42.5 Å². The number of hydrogen-bond donors (Lipinski definition) is 1. The van der Waals surface area contributed by atoms with E-state index in [4.69, 9.17) is 21.0 Å². The number of rotatable bonds is 3. The van der Waals surface area contributed by atoms with Crippen molar-refractivity contribution in [3.63, 3.8) is 0 Å². The Labute approximate surface area is 152 Å². The van der Waals surface area contributed by atoms with Gasteiger partial charge in [-0.05, 0) is 34.6 Å². The van der Waals surface area contributed by atoms with Gasteiger partial charge < -0.3 is 15.0 Å². The number of halogens is 2. The molecule has 4 rings (SSSR count). The third-order valence-electron chi connectivity index (χ3n) is 4.18. The smallest absolute Gasteiger partial charge is 0.260 e. The number of nitrogens with one attached hydrogen (secondary N) is 1. The SMILES string of the molecule is O=C(Nc1ccc(N2CCOCC2)c2nonc12)c1c(F)cccc1Cl. The number of anilines is 2. The van der Waals surface area contributed by atoms with Crippen LogP contribution >= 0.6 is 11.6 Å². The highest BCUT2D eigenvalue weighted by Crippen LogP contribution is 2.31. The molecule has 1 aromatic heterocycles. The van der Waals surface area contributed by atoms with Crippen molar-refractivity contribution in [1.82, 2.24) is 10.3 Å². The molecule has 0 aliphatic carbocycles. The van der Waals surface area contributed by atoms with Gasteiger partial charge in [-0.3, -0.25) is 4.79 Å². The summed E-state index contributed by atoms with van der Waals surface area (Å²) in [5.41, 5.74) is 1.88. The Kier molecular flexibility index (Phi) is 4.44. The van der Waals surface area contributed by atoms with Crippen molar-refractivity contribution in [2.75, 3.05) is 36.5 Å². The third-order valence-corrected chi connectivity index (χ3v) is 4.50.